The van der Waals surface area contributed by atoms with Gasteiger partial charge < -0.3 is 15.3 Å². The van der Waals surface area contributed by atoms with Crippen molar-refractivity contribution in [2.24, 2.45) is 0 Å². The third kappa shape index (κ3) is 3.80. The Morgan fingerprint density at radius 2 is 2.33 bits per heavy atom. The molecule has 1 rings (SSSR count). The van der Waals surface area contributed by atoms with Gasteiger partial charge >= 0.3 is 0 Å². The van der Waals surface area contributed by atoms with Crippen molar-refractivity contribution in [3.63, 3.8) is 0 Å². The average Bonchev–Trinajstić information content (AvgIpc) is 2.64. The van der Waals surface area contributed by atoms with Crippen LogP contribution in [0.3, 0.4) is 0 Å². The number of nitrogens with zero attached hydrogens (tertiary/aromatic N) is 1. The van der Waals surface area contributed by atoms with Crippen LogP contribution in [0.4, 0.5) is 0 Å². The van der Waals surface area contributed by atoms with Crippen molar-refractivity contribution < 1.29 is 9.90 Å². The normalized spacial score (nSPS) is 21.3. The van der Waals surface area contributed by atoms with Crippen molar-refractivity contribution in [2.45, 2.75) is 45.2 Å². The number of hydrogen-bond acceptors (Lipinski definition) is 3. The minimum absolute atomic E-state index is 0.0662. The fourth-order valence-corrected chi connectivity index (χ4v) is 1.97. The molecule has 1 heterocycles. The van der Waals surface area contributed by atoms with Gasteiger partial charge in [0.15, 0.2) is 0 Å². The second-order valence-electron chi connectivity index (χ2n) is 4.42. The summed E-state index contributed by atoms with van der Waals surface area (Å²) in [6.07, 6.45) is 2.50. The third-order valence-electron chi connectivity index (χ3n) is 2.80. The lowest BCUT2D eigenvalue weighted by molar-refractivity contribution is -0.132. The van der Waals surface area contributed by atoms with Crippen molar-refractivity contribution in [2.75, 3.05) is 19.7 Å². The van der Waals surface area contributed by atoms with Crippen molar-refractivity contribution in [1.82, 2.24) is 10.2 Å². The first-order valence-corrected chi connectivity index (χ1v) is 5.79. The molecule has 4 nitrogen and oxygen atoms in total. The number of likely N-dealkylation sites (tertiary alicyclic amines) is 1. The van der Waals surface area contributed by atoms with Crippen LogP contribution < -0.4 is 5.32 Å². The van der Waals surface area contributed by atoms with Gasteiger partial charge in [-0.1, -0.05) is 13.8 Å². The summed E-state index contributed by atoms with van der Waals surface area (Å²) in [4.78, 5) is 13.6. The monoisotopic (exact) mass is 214 g/mol. The fraction of sp³-hybridized carbons (Fsp3) is 0.909. The van der Waals surface area contributed by atoms with Gasteiger partial charge in [0.05, 0.1) is 12.6 Å². The molecule has 0 aromatic carbocycles. The third-order valence-corrected chi connectivity index (χ3v) is 2.80. The van der Waals surface area contributed by atoms with Crippen LogP contribution >= 0.6 is 0 Å². The molecule has 0 aliphatic carbocycles. The smallest absolute Gasteiger partial charge is 0.224 e. The highest BCUT2D eigenvalue weighted by atomic mass is 16.3. The molecule has 1 atom stereocenters. The van der Waals surface area contributed by atoms with Crippen LogP contribution in [0, 0.1) is 0 Å². The predicted molar refractivity (Wildman–Crippen MR) is 59.6 cm³/mol. The summed E-state index contributed by atoms with van der Waals surface area (Å²) in [7, 11) is 0. The lowest BCUT2D eigenvalue weighted by atomic mass is 10.2. The topological polar surface area (TPSA) is 52.6 Å². The number of aliphatic hydroxyl groups excluding tert-OH is 1. The van der Waals surface area contributed by atoms with Gasteiger partial charge in [0.25, 0.3) is 0 Å². The molecule has 1 aliphatic heterocycles. The zero-order valence-corrected chi connectivity index (χ0v) is 9.70. The Bertz CT molecular complexity index is 207. The summed E-state index contributed by atoms with van der Waals surface area (Å²) in [6, 6.07) is 0.488. The van der Waals surface area contributed by atoms with Crippen LogP contribution in [0.5, 0.6) is 0 Å². The van der Waals surface area contributed by atoms with Crippen LogP contribution in [0.15, 0.2) is 0 Å². The van der Waals surface area contributed by atoms with Gasteiger partial charge in [0.1, 0.15) is 0 Å². The van der Waals surface area contributed by atoms with E-state index in [1.165, 1.54) is 0 Å². The zero-order valence-electron chi connectivity index (χ0n) is 9.70. The van der Waals surface area contributed by atoms with E-state index in [1.54, 1.807) is 0 Å². The van der Waals surface area contributed by atoms with E-state index in [2.05, 4.69) is 19.2 Å². The summed E-state index contributed by atoms with van der Waals surface area (Å²) in [5.41, 5.74) is 0. The number of carbonyl (C=O) groups excluding carboxylic acids is 1. The molecule has 0 aromatic rings. The van der Waals surface area contributed by atoms with Crippen LogP contribution in [0.1, 0.15) is 33.1 Å². The Hall–Kier alpha value is -0.610. The van der Waals surface area contributed by atoms with Gasteiger partial charge in [0.2, 0.25) is 5.91 Å². The van der Waals surface area contributed by atoms with E-state index in [0.29, 0.717) is 12.5 Å². The minimum Gasteiger partial charge on any atom is -0.394 e. The molecule has 1 saturated heterocycles. The van der Waals surface area contributed by atoms with E-state index in [0.717, 1.165) is 25.9 Å². The molecular weight excluding hydrogens is 192 g/mol. The fourth-order valence-electron chi connectivity index (χ4n) is 1.97. The second kappa shape index (κ2) is 6.08. The highest BCUT2D eigenvalue weighted by Gasteiger charge is 2.27. The van der Waals surface area contributed by atoms with Crippen LogP contribution in [-0.4, -0.2) is 47.7 Å². The Morgan fingerprint density at radius 3 is 2.93 bits per heavy atom. The standard InChI is InChI=1S/C11H22N2O2/c1-9(2)12-6-5-11(15)13-7-3-4-10(13)8-14/h9-10,12,14H,3-8H2,1-2H3/t10-/m0/s1. The molecule has 1 aliphatic rings. The maximum atomic E-state index is 11.8. The molecule has 1 amide bonds. The molecule has 0 unspecified atom stereocenters. The van der Waals surface area contributed by atoms with Crippen LogP contribution in [0.25, 0.3) is 0 Å². The molecule has 0 spiro atoms. The second-order valence-corrected chi connectivity index (χ2v) is 4.42. The Balaban J connectivity index is 2.27. The maximum Gasteiger partial charge on any atom is 0.224 e. The number of aliphatic hydroxyl groups is 1. The molecule has 4 heteroatoms. The summed E-state index contributed by atoms with van der Waals surface area (Å²) in [6.45, 7) is 5.77. The highest BCUT2D eigenvalue weighted by Crippen LogP contribution is 2.17. The first-order chi connectivity index (χ1) is 7.15. The number of rotatable bonds is 5. The van der Waals surface area contributed by atoms with Gasteiger partial charge in [-0.05, 0) is 12.8 Å². The number of carbonyl (C=O) groups is 1. The minimum atomic E-state index is 0.0662. The molecule has 88 valence electrons. The number of hydrogen-bond donors (Lipinski definition) is 2. The van der Waals surface area contributed by atoms with Gasteiger partial charge in [-0.25, -0.2) is 0 Å². The van der Waals surface area contributed by atoms with E-state index < -0.39 is 0 Å². The van der Waals surface area contributed by atoms with Crippen molar-refractivity contribution >= 4 is 5.91 Å². The van der Waals surface area contributed by atoms with E-state index in [1.807, 2.05) is 4.90 Å². The Morgan fingerprint density at radius 1 is 1.60 bits per heavy atom. The van der Waals surface area contributed by atoms with E-state index in [4.69, 9.17) is 5.11 Å². The van der Waals surface area contributed by atoms with Gasteiger partial charge in [-0.15, -0.1) is 0 Å². The average molecular weight is 214 g/mol. The molecule has 1 fully saturated rings. The molecule has 0 aromatic heterocycles. The first kappa shape index (κ1) is 12.5. The molecule has 0 bridgehead atoms. The van der Waals surface area contributed by atoms with E-state index in [-0.39, 0.29) is 18.6 Å². The molecule has 0 radical (unpaired) electrons. The summed E-state index contributed by atoms with van der Waals surface area (Å²) < 4.78 is 0. The van der Waals surface area contributed by atoms with Crippen LogP contribution in [0.2, 0.25) is 0 Å². The summed E-state index contributed by atoms with van der Waals surface area (Å²) in [5, 5.41) is 12.3. The number of amides is 1. The largest absolute Gasteiger partial charge is 0.394 e. The first-order valence-electron chi connectivity index (χ1n) is 5.79. The van der Waals surface area contributed by atoms with Gasteiger partial charge in [-0.3, -0.25) is 4.79 Å². The number of nitrogens with one attached hydrogen (secondary N) is 1. The molecule has 0 saturated carbocycles. The van der Waals surface area contributed by atoms with Gasteiger partial charge in [0, 0.05) is 25.6 Å². The van der Waals surface area contributed by atoms with E-state index >= 15 is 0 Å². The lowest BCUT2D eigenvalue weighted by Crippen LogP contribution is -2.39. The SMILES string of the molecule is CC(C)NCCC(=O)N1CCC[C@H]1CO. The lowest BCUT2D eigenvalue weighted by Gasteiger charge is -2.23. The molecule has 2 N–H and O–H groups in total. The highest BCUT2D eigenvalue weighted by molar-refractivity contribution is 5.77. The predicted octanol–water partition coefficient (Wildman–Crippen LogP) is 0.358. The van der Waals surface area contributed by atoms with Crippen molar-refractivity contribution in [3.8, 4) is 0 Å². The maximum absolute atomic E-state index is 11.8. The van der Waals surface area contributed by atoms with Crippen molar-refractivity contribution in [3.05, 3.63) is 0 Å². The Kier molecular flexibility index (Phi) is 5.05. The zero-order chi connectivity index (χ0) is 11.3. The van der Waals surface area contributed by atoms with Gasteiger partial charge in [-0.2, -0.15) is 0 Å². The quantitative estimate of drug-likeness (QED) is 0.694. The van der Waals surface area contributed by atoms with Crippen molar-refractivity contribution in [1.29, 1.82) is 0 Å². The summed E-state index contributed by atoms with van der Waals surface area (Å²) >= 11 is 0. The summed E-state index contributed by atoms with van der Waals surface area (Å²) in [5.74, 6) is 0.166. The Labute approximate surface area is 91.6 Å². The molecular formula is C11H22N2O2. The molecule has 15 heavy (non-hydrogen) atoms. The van der Waals surface area contributed by atoms with Crippen LogP contribution in [-0.2, 0) is 4.79 Å². The van der Waals surface area contributed by atoms with E-state index in [9.17, 15) is 4.79 Å².